The van der Waals surface area contributed by atoms with Crippen molar-refractivity contribution < 1.29 is 22.3 Å². The summed E-state index contributed by atoms with van der Waals surface area (Å²) in [5.41, 5.74) is 2.86. The number of sulfonamides is 1. The Morgan fingerprint density at radius 3 is 2.42 bits per heavy atom. The van der Waals surface area contributed by atoms with Crippen molar-refractivity contribution >= 4 is 26.8 Å². The van der Waals surface area contributed by atoms with Crippen molar-refractivity contribution in [2.45, 2.75) is 36.7 Å². The van der Waals surface area contributed by atoms with E-state index < -0.39 is 10.0 Å². The second-order valence-corrected chi connectivity index (χ2v) is 11.4. The summed E-state index contributed by atoms with van der Waals surface area (Å²) in [5.74, 6) is -0.0881. The molecule has 1 fully saturated rings. The Morgan fingerprint density at radius 1 is 1.03 bits per heavy atom. The number of aromatic nitrogens is 1. The Balaban J connectivity index is 1.38. The monoisotopic (exact) mass is 535 g/mol. The lowest BCUT2D eigenvalue weighted by Gasteiger charge is -2.27. The number of hydrogen-bond donors (Lipinski definition) is 1. The van der Waals surface area contributed by atoms with E-state index in [9.17, 15) is 17.6 Å². The van der Waals surface area contributed by atoms with Crippen LogP contribution in [0.25, 0.3) is 10.9 Å². The van der Waals surface area contributed by atoms with Gasteiger partial charge in [-0.25, -0.2) is 12.8 Å². The van der Waals surface area contributed by atoms with Gasteiger partial charge in [-0.15, -0.1) is 0 Å². The highest BCUT2D eigenvalue weighted by molar-refractivity contribution is 7.89. The minimum absolute atomic E-state index is 0.127. The maximum atomic E-state index is 13.7. The molecule has 9 heteroatoms. The molecule has 0 saturated heterocycles. The molecule has 1 N–H and O–H groups in total. The molecule has 0 bridgehead atoms. The summed E-state index contributed by atoms with van der Waals surface area (Å²) >= 11 is 0. The van der Waals surface area contributed by atoms with Crippen LogP contribution in [0.2, 0.25) is 0 Å². The fraction of sp³-hybridized carbons (Fsp3) is 0.276. The molecule has 0 spiro atoms. The van der Waals surface area contributed by atoms with Gasteiger partial charge in [0.25, 0.3) is 0 Å². The van der Waals surface area contributed by atoms with Crippen LogP contribution in [-0.4, -0.2) is 54.8 Å². The van der Waals surface area contributed by atoms with Crippen LogP contribution in [0, 0.1) is 5.82 Å². The van der Waals surface area contributed by atoms with Crippen molar-refractivity contribution in [3.05, 3.63) is 95.9 Å². The minimum Gasteiger partial charge on any atom is -0.497 e. The number of aromatic amines is 1. The highest BCUT2D eigenvalue weighted by Crippen LogP contribution is 2.32. The molecule has 1 amide bonds. The van der Waals surface area contributed by atoms with E-state index in [2.05, 4.69) is 4.98 Å². The zero-order valence-corrected chi connectivity index (χ0v) is 22.0. The van der Waals surface area contributed by atoms with Crippen LogP contribution >= 0.6 is 0 Å². The number of para-hydroxylation sites is 1. The molecule has 5 rings (SSSR count). The van der Waals surface area contributed by atoms with Gasteiger partial charge >= 0.3 is 0 Å². The number of carbonyl (C=O) groups is 1. The van der Waals surface area contributed by atoms with Crippen molar-refractivity contribution in [3.8, 4) is 5.75 Å². The molecular formula is C29H30FN3O4S. The second kappa shape index (κ2) is 11.0. The van der Waals surface area contributed by atoms with E-state index in [4.69, 9.17) is 4.74 Å². The first kappa shape index (κ1) is 25.9. The van der Waals surface area contributed by atoms with Crippen molar-refractivity contribution in [1.82, 2.24) is 14.2 Å². The molecule has 0 aliphatic heterocycles. The molecule has 1 aromatic heterocycles. The summed E-state index contributed by atoms with van der Waals surface area (Å²) in [6.07, 6.45) is 3.97. The molecule has 1 aliphatic carbocycles. The number of fused-ring (bicyclic) bond motifs is 1. The highest BCUT2D eigenvalue weighted by atomic mass is 32.2. The summed E-state index contributed by atoms with van der Waals surface area (Å²) in [6.45, 7) is 0.385. The number of carbonyl (C=O) groups excluding carboxylic acids is 1. The van der Waals surface area contributed by atoms with Gasteiger partial charge in [-0.3, -0.25) is 4.79 Å². The number of benzene rings is 3. The van der Waals surface area contributed by atoms with Gasteiger partial charge in [-0.2, -0.15) is 4.31 Å². The van der Waals surface area contributed by atoms with E-state index in [-0.39, 0.29) is 35.8 Å². The standard InChI is InChI=1S/C29H30FN3O4S/c1-37-25-12-14-26(15-13-25)38(35,36)33(24-10-11-24)20-29(34)32(19-21-6-8-23(30)9-7-21)17-16-22-18-31-28-5-3-2-4-27(22)28/h2-9,12-15,18,24,31H,10-11,16-17,19-20H2,1H3. The van der Waals surface area contributed by atoms with Gasteiger partial charge in [-0.1, -0.05) is 30.3 Å². The predicted molar refractivity (Wildman–Crippen MR) is 144 cm³/mol. The van der Waals surface area contributed by atoms with Crippen LogP contribution < -0.4 is 4.74 Å². The topological polar surface area (TPSA) is 82.7 Å². The number of nitrogens with one attached hydrogen (secondary N) is 1. The Morgan fingerprint density at radius 2 is 1.74 bits per heavy atom. The maximum absolute atomic E-state index is 13.7. The molecular weight excluding hydrogens is 505 g/mol. The number of rotatable bonds is 11. The first-order valence-electron chi connectivity index (χ1n) is 12.6. The highest BCUT2D eigenvalue weighted by Gasteiger charge is 2.40. The molecule has 198 valence electrons. The summed E-state index contributed by atoms with van der Waals surface area (Å²) < 4.78 is 47.0. The maximum Gasteiger partial charge on any atom is 0.243 e. The lowest BCUT2D eigenvalue weighted by atomic mass is 10.1. The first-order chi connectivity index (χ1) is 18.3. The van der Waals surface area contributed by atoms with E-state index in [1.807, 2.05) is 30.5 Å². The Labute approximate surface area is 221 Å². The van der Waals surface area contributed by atoms with Crippen LogP contribution in [0.15, 0.2) is 83.9 Å². The molecule has 1 saturated carbocycles. The summed E-state index contributed by atoms with van der Waals surface area (Å²) in [7, 11) is -2.36. The third-order valence-corrected chi connectivity index (χ3v) is 8.79. The van der Waals surface area contributed by atoms with Crippen LogP contribution in [0.3, 0.4) is 0 Å². The average Bonchev–Trinajstić information content (AvgIpc) is 3.69. The number of ether oxygens (including phenoxy) is 1. The fourth-order valence-electron chi connectivity index (χ4n) is 4.59. The van der Waals surface area contributed by atoms with Gasteiger partial charge in [0.2, 0.25) is 15.9 Å². The molecule has 0 unspecified atom stereocenters. The molecule has 7 nitrogen and oxygen atoms in total. The van der Waals surface area contributed by atoms with E-state index in [1.54, 1.807) is 29.2 Å². The lowest BCUT2D eigenvalue weighted by molar-refractivity contribution is -0.132. The van der Waals surface area contributed by atoms with Gasteiger partial charge in [0.1, 0.15) is 11.6 Å². The Hall–Kier alpha value is -3.69. The van der Waals surface area contributed by atoms with Crippen molar-refractivity contribution in [2.24, 2.45) is 0 Å². The minimum atomic E-state index is -3.88. The average molecular weight is 536 g/mol. The smallest absolute Gasteiger partial charge is 0.243 e. The van der Waals surface area contributed by atoms with E-state index in [1.165, 1.54) is 35.7 Å². The lowest BCUT2D eigenvalue weighted by Crippen LogP contribution is -2.44. The summed E-state index contributed by atoms with van der Waals surface area (Å²) in [5, 5.41) is 1.09. The van der Waals surface area contributed by atoms with Crippen LogP contribution in [0.5, 0.6) is 5.75 Å². The second-order valence-electron chi connectivity index (χ2n) is 9.51. The van der Waals surface area contributed by atoms with Crippen LogP contribution in [-0.2, 0) is 27.8 Å². The van der Waals surface area contributed by atoms with Gasteiger partial charge in [-0.05, 0) is 72.9 Å². The molecule has 0 radical (unpaired) electrons. The first-order valence-corrected chi connectivity index (χ1v) is 14.0. The van der Waals surface area contributed by atoms with E-state index in [0.717, 1.165) is 34.9 Å². The normalized spacial score (nSPS) is 13.7. The molecule has 4 aromatic rings. The molecule has 1 heterocycles. The van der Waals surface area contributed by atoms with E-state index >= 15 is 0 Å². The largest absolute Gasteiger partial charge is 0.497 e. The van der Waals surface area contributed by atoms with Gasteiger partial charge in [0, 0.05) is 36.2 Å². The van der Waals surface area contributed by atoms with Crippen molar-refractivity contribution in [2.75, 3.05) is 20.2 Å². The molecule has 3 aromatic carbocycles. The molecule has 0 atom stereocenters. The van der Waals surface area contributed by atoms with Gasteiger partial charge in [0.05, 0.1) is 18.6 Å². The van der Waals surface area contributed by atoms with E-state index in [0.29, 0.717) is 18.7 Å². The van der Waals surface area contributed by atoms with Gasteiger partial charge < -0.3 is 14.6 Å². The third-order valence-electron chi connectivity index (χ3n) is 6.88. The number of amides is 1. The Kier molecular flexibility index (Phi) is 7.49. The summed E-state index contributed by atoms with van der Waals surface area (Å²) in [6, 6.07) is 20.0. The zero-order chi connectivity index (χ0) is 26.7. The van der Waals surface area contributed by atoms with Crippen LogP contribution in [0.4, 0.5) is 4.39 Å². The fourth-order valence-corrected chi connectivity index (χ4v) is 6.22. The predicted octanol–water partition coefficient (Wildman–Crippen LogP) is 4.74. The van der Waals surface area contributed by atoms with Gasteiger partial charge in [0.15, 0.2) is 0 Å². The SMILES string of the molecule is COc1ccc(S(=O)(=O)N(CC(=O)N(CCc2c[nH]c3ccccc23)Cc2ccc(F)cc2)C2CC2)cc1. The van der Waals surface area contributed by atoms with Crippen molar-refractivity contribution in [1.29, 1.82) is 0 Å². The number of hydrogen-bond acceptors (Lipinski definition) is 4. The number of methoxy groups -OCH3 is 1. The third kappa shape index (κ3) is 5.74. The number of H-pyrrole nitrogens is 1. The number of nitrogens with zero attached hydrogens (tertiary/aromatic N) is 2. The molecule has 38 heavy (non-hydrogen) atoms. The Bertz CT molecular complexity index is 1510. The van der Waals surface area contributed by atoms with Crippen LogP contribution in [0.1, 0.15) is 24.0 Å². The number of halogens is 1. The molecule has 1 aliphatic rings. The zero-order valence-electron chi connectivity index (χ0n) is 21.1. The van der Waals surface area contributed by atoms with Crippen molar-refractivity contribution in [3.63, 3.8) is 0 Å². The quantitative estimate of drug-likeness (QED) is 0.301. The summed E-state index contributed by atoms with van der Waals surface area (Å²) in [4.78, 5) is 18.7.